The number of nitrogens with zero attached hydrogens (tertiary/aromatic N) is 1. The highest BCUT2D eigenvalue weighted by molar-refractivity contribution is 7.80. The quantitative estimate of drug-likeness (QED) is 0.625. The zero-order valence-electron chi connectivity index (χ0n) is 16.0. The van der Waals surface area contributed by atoms with Crippen LogP contribution in [0, 0.1) is 5.92 Å². The number of methoxy groups -OCH3 is 1. The average molecular weight is 398 g/mol. The van der Waals surface area contributed by atoms with Crippen molar-refractivity contribution in [1.82, 2.24) is 5.32 Å². The smallest absolute Gasteiger partial charge is 0.317 e. The summed E-state index contributed by atoms with van der Waals surface area (Å²) in [4.78, 5) is 14.8. The largest absolute Gasteiger partial charge is 0.497 e. The summed E-state index contributed by atoms with van der Waals surface area (Å²) in [5.74, 6) is 0.403. The Morgan fingerprint density at radius 2 is 2.04 bits per heavy atom. The Morgan fingerprint density at radius 3 is 2.71 bits per heavy atom. The van der Waals surface area contributed by atoms with Gasteiger partial charge in [-0.3, -0.25) is 9.69 Å². The van der Waals surface area contributed by atoms with Crippen molar-refractivity contribution in [2.75, 3.05) is 18.6 Å². The first kappa shape index (κ1) is 18.6. The van der Waals surface area contributed by atoms with Crippen LogP contribution in [0.1, 0.15) is 25.5 Å². The number of thiocarbonyl (C=S) groups is 1. The van der Waals surface area contributed by atoms with E-state index >= 15 is 0 Å². The van der Waals surface area contributed by atoms with Gasteiger partial charge in [0.15, 0.2) is 5.11 Å². The molecule has 2 aliphatic rings. The lowest BCUT2D eigenvalue weighted by Gasteiger charge is -2.55. The van der Waals surface area contributed by atoms with Crippen LogP contribution in [0.2, 0.25) is 0 Å². The van der Waals surface area contributed by atoms with E-state index in [1.807, 2.05) is 60.4 Å². The Hall–Kier alpha value is -2.80. The van der Waals surface area contributed by atoms with Gasteiger partial charge < -0.3 is 19.5 Å². The van der Waals surface area contributed by atoms with Crippen molar-refractivity contribution in [1.29, 1.82) is 0 Å². The van der Waals surface area contributed by atoms with Gasteiger partial charge in [0.2, 0.25) is 5.72 Å². The molecule has 0 unspecified atom stereocenters. The number of carbonyl (C=O) groups is 1. The zero-order chi connectivity index (χ0) is 19.9. The minimum atomic E-state index is -1.06. The van der Waals surface area contributed by atoms with Crippen LogP contribution in [0.15, 0.2) is 48.5 Å². The molecule has 3 atom stereocenters. The molecule has 2 bridgehead atoms. The summed E-state index contributed by atoms with van der Waals surface area (Å²) in [5.41, 5.74) is 0.632. The molecule has 0 aromatic heterocycles. The molecule has 6 nitrogen and oxygen atoms in total. The molecule has 4 rings (SSSR count). The maximum absolute atomic E-state index is 13.0. The van der Waals surface area contributed by atoms with Gasteiger partial charge in [0.05, 0.1) is 19.8 Å². The number of hydrogen-bond donors (Lipinski definition) is 1. The molecule has 1 saturated heterocycles. The van der Waals surface area contributed by atoms with Crippen LogP contribution in [0.3, 0.4) is 0 Å². The van der Waals surface area contributed by atoms with Crippen molar-refractivity contribution in [3.63, 3.8) is 0 Å². The SMILES string of the molecule is CCOC(=O)[C@@H]1[C@H]2NC(=S)N(c3ccccc3)[C@@]1(C)Oc1cc(OC)ccc12. The van der Waals surface area contributed by atoms with Gasteiger partial charge in [-0.05, 0) is 50.3 Å². The second kappa shape index (κ2) is 6.98. The van der Waals surface area contributed by atoms with Gasteiger partial charge in [-0.2, -0.15) is 0 Å². The molecule has 0 radical (unpaired) electrons. The third kappa shape index (κ3) is 2.77. The van der Waals surface area contributed by atoms with Crippen LogP contribution in [0.4, 0.5) is 5.69 Å². The van der Waals surface area contributed by atoms with Gasteiger partial charge in [0.1, 0.15) is 17.4 Å². The van der Waals surface area contributed by atoms with E-state index in [1.54, 1.807) is 14.0 Å². The minimum absolute atomic E-state index is 0.295. The normalized spacial score (nSPS) is 25.2. The third-order valence-electron chi connectivity index (χ3n) is 5.26. The predicted octanol–water partition coefficient (Wildman–Crippen LogP) is 3.42. The van der Waals surface area contributed by atoms with E-state index in [0.29, 0.717) is 23.2 Å². The van der Waals surface area contributed by atoms with E-state index < -0.39 is 11.6 Å². The third-order valence-corrected chi connectivity index (χ3v) is 5.56. The van der Waals surface area contributed by atoms with Gasteiger partial charge in [-0.15, -0.1) is 0 Å². The summed E-state index contributed by atoms with van der Waals surface area (Å²) in [5, 5.41) is 3.84. The fraction of sp³-hybridized carbons (Fsp3) is 0.333. The maximum Gasteiger partial charge on any atom is 0.317 e. The number of fused-ring (bicyclic) bond motifs is 4. The number of rotatable bonds is 4. The number of anilines is 1. The first-order valence-electron chi connectivity index (χ1n) is 9.19. The average Bonchev–Trinajstić information content (AvgIpc) is 2.67. The summed E-state index contributed by atoms with van der Waals surface area (Å²) < 4.78 is 17.2. The molecule has 1 N–H and O–H groups in total. The van der Waals surface area contributed by atoms with Crippen molar-refractivity contribution in [2.45, 2.75) is 25.6 Å². The first-order valence-corrected chi connectivity index (χ1v) is 9.59. The molecule has 7 heteroatoms. The molecule has 146 valence electrons. The van der Waals surface area contributed by atoms with E-state index in [2.05, 4.69) is 5.32 Å². The van der Waals surface area contributed by atoms with E-state index in [4.69, 9.17) is 26.4 Å². The highest BCUT2D eigenvalue weighted by Gasteiger charge is 2.59. The second-order valence-electron chi connectivity index (χ2n) is 6.89. The van der Waals surface area contributed by atoms with Crippen molar-refractivity contribution in [2.24, 2.45) is 5.92 Å². The number of carbonyl (C=O) groups excluding carboxylic acids is 1. The van der Waals surface area contributed by atoms with Gasteiger partial charge in [-0.1, -0.05) is 18.2 Å². The van der Waals surface area contributed by atoms with Crippen molar-refractivity contribution in [3.05, 3.63) is 54.1 Å². The maximum atomic E-state index is 13.0. The fourth-order valence-corrected chi connectivity index (χ4v) is 4.46. The van der Waals surface area contributed by atoms with Crippen molar-refractivity contribution in [3.8, 4) is 11.5 Å². The van der Waals surface area contributed by atoms with Gasteiger partial charge >= 0.3 is 5.97 Å². The molecule has 0 spiro atoms. The number of benzene rings is 2. The van der Waals surface area contributed by atoms with E-state index in [0.717, 1.165) is 11.3 Å². The standard InChI is InChI=1S/C21H22N2O4S/c1-4-26-19(24)17-18-15-11-10-14(25-3)12-16(15)27-21(17,2)23(20(28)22-18)13-8-6-5-7-9-13/h5-12,17-18H,4H2,1-3H3,(H,22,28)/t17-,18-,21-/m0/s1. The first-order chi connectivity index (χ1) is 13.5. The molecule has 2 heterocycles. The van der Waals surface area contributed by atoms with Crippen molar-refractivity contribution < 1.29 is 19.0 Å². The Morgan fingerprint density at radius 1 is 1.29 bits per heavy atom. The van der Waals surface area contributed by atoms with E-state index in [9.17, 15) is 4.79 Å². The molecule has 28 heavy (non-hydrogen) atoms. The number of hydrogen-bond acceptors (Lipinski definition) is 5. The Balaban J connectivity index is 1.89. The van der Waals surface area contributed by atoms with Gasteiger partial charge in [0, 0.05) is 17.3 Å². The molecular weight excluding hydrogens is 376 g/mol. The van der Waals surface area contributed by atoms with Crippen LogP contribution in [-0.4, -0.2) is 30.5 Å². The Bertz CT molecular complexity index is 920. The van der Waals surface area contributed by atoms with Crippen LogP contribution in [-0.2, 0) is 9.53 Å². The molecular formula is C21H22N2O4S. The van der Waals surface area contributed by atoms with Crippen LogP contribution < -0.4 is 19.7 Å². The Kier molecular flexibility index (Phi) is 4.63. The Labute approximate surface area is 169 Å². The monoisotopic (exact) mass is 398 g/mol. The summed E-state index contributed by atoms with van der Waals surface area (Å²) in [6.07, 6.45) is 0. The second-order valence-corrected chi connectivity index (χ2v) is 7.28. The predicted molar refractivity (Wildman–Crippen MR) is 110 cm³/mol. The van der Waals surface area contributed by atoms with Crippen molar-refractivity contribution >= 4 is 29.0 Å². The minimum Gasteiger partial charge on any atom is -0.497 e. The number of para-hydroxylation sites is 1. The molecule has 0 aliphatic carbocycles. The van der Waals surface area contributed by atoms with E-state index in [-0.39, 0.29) is 12.0 Å². The van der Waals surface area contributed by atoms with Crippen LogP contribution in [0.25, 0.3) is 0 Å². The highest BCUT2D eigenvalue weighted by Crippen LogP contribution is 2.50. The molecule has 2 aromatic rings. The van der Waals surface area contributed by atoms with Gasteiger partial charge in [0.25, 0.3) is 0 Å². The zero-order valence-corrected chi connectivity index (χ0v) is 16.8. The summed E-state index contributed by atoms with van der Waals surface area (Å²) in [6.45, 7) is 3.97. The summed E-state index contributed by atoms with van der Waals surface area (Å²) in [7, 11) is 1.61. The lowest BCUT2D eigenvalue weighted by Crippen LogP contribution is -2.71. The number of esters is 1. The number of nitrogens with one attached hydrogen (secondary N) is 1. The molecule has 0 amide bonds. The fourth-order valence-electron chi connectivity index (χ4n) is 4.04. The summed E-state index contributed by atoms with van der Waals surface area (Å²) >= 11 is 5.68. The van der Waals surface area contributed by atoms with Gasteiger partial charge in [-0.25, -0.2) is 0 Å². The summed E-state index contributed by atoms with van der Waals surface area (Å²) in [6, 6.07) is 14.9. The molecule has 2 aliphatic heterocycles. The molecule has 0 saturated carbocycles. The molecule has 2 aromatic carbocycles. The molecule has 1 fully saturated rings. The lowest BCUT2D eigenvalue weighted by atomic mass is 9.79. The number of ether oxygens (including phenoxy) is 3. The van der Waals surface area contributed by atoms with E-state index in [1.165, 1.54) is 0 Å². The highest BCUT2D eigenvalue weighted by atomic mass is 32.1. The lowest BCUT2D eigenvalue weighted by molar-refractivity contribution is -0.159. The topological polar surface area (TPSA) is 60.0 Å². The van der Waals surface area contributed by atoms with Crippen LogP contribution >= 0.6 is 12.2 Å². The van der Waals surface area contributed by atoms with Crippen LogP contribution in [0.5, 0.6) is 11.5 Å².